The van der Waals surface area contributed by atoms with Crippen LogP contribution in [0.3, 0.4) is 0 Å². The molecule has 0 saturated heterocycles. The zero-order valence-electron chi connectivity index (χ0n) is 13.6. The Balaban J connectivity index is 2.60. The Morgan fingerprint density at radius 3 is 2.71 bits per heavy atom. The fraction of sp³-hybridized carbons (Fsp3) is 0.471. The van der Waals surface area contributed by atoms with Crippen LogP contribution in [0, 0.1) is 12.8 Å². The van der Waals surface area contributed by atoms with Crippen molar-refractivity contribution >= 4 is 5.82 Å². The summed E-state index contributed by atoms with van der Waals surface area (Å²) < 4.78 is 7.27. The van der Waals surface area contributed by atoms with E-state index in [2.05, 4.69) is 31.9 Å². The van der Waals surface area contributed by atoms with Crippen molar-refractivity contribution in [3.05, 3.63) is 29.5 Å². The van der Waals surface area contributed by atoms with Gasteiger partial charge in [0.25, 0.3) is 0 Å². The van der Waals surface area contributed by atoms with E-state index in [1.165, 1.54) is 5.56 Å². The second kappa shape index (κ2) is 6.20. The molecule has 1 aromatic heterocycles. The number of nitrogen functional groups attached to an aromatic ring is 1. The van der Waals surface area contributed by atoms with Gasteiger partial charge in [-0.05, 0) is 31.4 Å². The topological polar surface area (TPSA) is 53.1 Å². The van der Waals surface area contributed by atoms with Crippen molar-refractivity contribution in [3.8, 4) is 16.9 Å². The van der Waals surface area contributed by atoms with E-state index in [0.717, 1.165) is 35.4 Å². The van der Waals surface area contributed by atoms with Crippen LogP contribution < -0.4 is 10.5 Å². The highest BCUT2D eigenvalue weighted by Crippen LogP contribution is 2.37. The van der Waals surface area contributed by atoms with Crippen molar-refractivity contribution in [2.45, 2.75) is 33.6 Å². The van der Waals surface area contributed by atoms with Gasteiger partial charge >= 0.3 is 0 Å². The Kier molecular flexibility index (Phi) is 4.56. The lowest BCUT2D eigenvalue weighted by Gasteiger charge is -2.12. The average Bonchev–Trinajstić information content (AvgIpc) is 2.73. The van der Waals surface area contributed by atoms with Crippen LogP contribution in [-0.2, 0) is 13.5 Å². The average molecular weight is 287 g/mol. The summed E-state index contributed by atoms with van der Waals surface area (Å²) in [7, 11) is 3.58. The molecule has 0 spiro atoms. The Hall–Kier alpha value is -1.97. The number of anilines is 1. The molecular formula is C17H25N3O. The van der Waals surface area contributed by atoms with Crippen LogP contribution in [0.1, 0.15) is 31.5 Å². The summed E-state index contributed by atoms with van der Waals surface area (Å²) in [6.07, 6.45) is 2.05. The molecule has 0 aliphatic heterocycles. The maximum Gasteiger partial charge on any atom is 0.129 e. The lowest BCUT2D eigenvalue weighted by molar-refractivity contribution is 0.416. The fourth-order valence-electron chi connectivity index (χ4n) is 2.52. The Morgan fingerprint density at radius 2 is 2.10 bits per heavy atom. The molecule has 4 nitrogen and oxygen atoms in total. The third-order valence-electron chi connectivity index (χ3n) is 4.03. The number of rotatable bonds is 5. The van der Waals surface area contributed by atoms with E-state index >= 15 is 0 Å². The van der Waals surface area contributed by atoms with Crippen LogP contribution in [-0.4, -0.2) is 16.9 Å². The van der Waals surface area contributed by atoms with E-state index in [1.807, 2.05) is 19.2 Å². The van der Waals surface area contributed by atoms with Crippen LogP contribution in [0.2, 0.25) is 0 Å². The third-order valence-corrected chi connectivity index (χ3v) is 4.03. The summed E-state index contributed by atoms with van der Waals surface area (Å²) >= 11 is 0. The van der Waals surface area contributed by atoms with Gasteiger partial charge in [-0.25, -0.2) is 0 Å². The number of aromatic nitrogens is 2. The first-order valence-electron chi connectivity index (χ1n) is 7.44. The van der Waals surface area contributed by atoms with E-state index in [0.29, 0.717) is 11.7 Å². The number of hydrogen-bond acceptors (Lipinski definition) is 3. The molecule has 21 heavy (non-hydrogen) atoms. The number of nitrogens with two attached hydrogens (primary N) is 1. The quantitative estimate of drug-likeness (QED) is 0.914. The van der Waals surface area contributed by atoms with Gasteiger partial charge in [0.2, 0.25) is 0 Å². The van der Waals surface area contributed by atoms with Gasteiger partial charge in [-0.15, -0.1) is 0 Å². The molecule has 2 rings (SSSR count). The second-order valence-electron chi connectivity index (χ2n) is 5.75. The summed E-state index contributed by atoms with van der Waals surface area (Å²) in [5, 5.41) is 4.62. The summed E-state index contributed by atoms with van der Waals surface area (Å²) in [5.74, 6) is 2.11. The van der Waals surface area contributed by atoms with Gasteiger partial charge in [0.15, 0.2) is 0 Å². The first kappa shape index (κ1) is 15.4. The molecule has 1 unspecified atom stereocenters. The molecular weight excluding hydrogens is 262 g/mol. The highest BCUT2D eigenvalue weighted by Gasteiger charge is 2.20. The largest absolute Gasteiger partial charge is 0.496 e. The molecule has 1 heterocycles. The monoisotopic (exact) mass is 287 g/mol. The molecule has 2 aromatic rings. The minimum Gasteiger partial charge on any atom is -0.496 e. The van der Waals surface area contributed by atoms with Crippen molar-refractivity contribution in [1.29, 1.82) is 0 Å². The normalized spacial score (nSPS) is 12.4. The van der Waals surface area contributed by atoms with E-state index in [-0.39, 0.29) is 0 Å². The maximum atomic E-state index is 6.27. The summed E-state index contributed by atoms with van der Waals surface area (Å²) in [5.41, 5.74) is 10.5. The van der Waals surface area contributed by atoms with Crippen LogP contribution in [0.15, 0.2) is 18.2 Å². The number of nitrogens with zero attached hydrogens (tertiary/aromatic N) is 2. The maximum absolute atomic E-state index is 6.27. The van der Waals surface area contributed by atoms with Gasteiger partial charge in [-0.1, -0.05) is 31.9 Å². The van der Waals surface area contributed by atoms with Crippen molar-refractivity contribution in [1.82, 2.24) is 9.78 Å². The highest BCUT2D eigenvalue weighted by atomic mass is 16.5. The predicted octanol–water partition coefficient (Wildman–Crippen LogP) is 3.57. The second-order valence-corrected chi connectivity index (χ2v) is 5.75. The molecule has 2 N–H and O–H groups in total. The summed E-state index contributed by atoms with van der Waals surface area (Å²) in [6.45, 7) is 6.51. The zero-order valence-corrected chi connectivity index (χ0v) is 13.6. The standard InChI is InChI=1S/C17H25N3O/c1-6-11(2)10-14-16(17(18)20(4)19-14)13-9-12(3)7-8-15(13)21-5/h7-9,11H,6,10,18H2,1-5H3. The molecule has 0 fully saturated rings. The number of ether oxygens (including phenoxy) is 1. The lowest BCUT2D eigenvalue weighted by atomic mass is 9.95. The Morgan fingerprint density at radius 1 is 1.38 bits per heavy atom. The van der Waals surface area contributed by atoms with E-state index in [1.54, 1.807) is 11.8 Å². The number of methoxy groups -OCH3 is 1. The SMILES string of the molecule is CCC(C)Cc1nn(C)c(N)c1-c1cc(C)ccc1OC. The molecule has 0 aliphatic carbocycles. The van der Waals surface area contributed by atoms with E-state index in [4.69, 9.17) is 10.5 Å². The number of aryl methyl sites for hydroxylation is 2. The Bertz CT molecular complexity index is 631. The van der Waals surface area contributed by atoms with Gasteiger partial charge in [0.1, 0.15) is 11.6 Å². The van der Waals surface area contributed by atoms with Gasteiger partial charge < -0.3 is 10.5 Å². The van der Waals surface area contributed by atoms with Crippen molar-refractivity contribution in [2.24, 2.45) is 13.0 Å². The van der Waals surface area contributed by atoms with E-state index in [9.17, 15) is 0 Å². The van der Waals surface area contributed by atoms with Crippen LogP contribution in [0.5, 0.6) is 5.75 Å². The zero-order chi connectivity index (χ0) is 15.6. The van der Waals surface area contributed by atoms with Gasteiger partial charge in [-0.2, -0.15) is 5.10 Å². The Labute approximate surface area is 126 Å². The molecule has 0 radical (unpaired) electrons. The first-order valence-corrected chi connectivity index (χ1v) is 7.44. The predicted molar refractivity (Wildman–Crippen MR) is 87.5 cm³/mol. The van der Waals surface area contributed by atoms with Crippen LogP contribution in [0.25, 0.3) is 11.1 Å². The fourth-order valence-corrected chi connectivity index (χ4v) is 2.52. The van der Waals surface area contributed by atoms with Crippen LogP contribution in [0.4, 0.5) is 5.82 Å². The molecule has 114 valence electrons. The molecule has 1 aromatic carbocycles. The molecule has 0 bridgehead atoms. The molecule has 4 heteroatoms. The smallest absolute Gasteiger partial charge is 0.129 e. The highest BCUT2D eigenvalue weighted by molar-refractivity contribution is 5.81. The number of benzene rings is 1. The van der Waals surface area contributed by atoms with Crippen molar-refractivity contribution in [2.75, 3.05) is 12.8 Å². The van der Waals surface area contributed by atoms with E-state index < -0.39 is 0 Å². The van der Waals surface area contributed by atoms with Gasteiger partial charge in [0, 0.05) is 12.6 Å². The summed E-state index contributed by atoms with van der Waals surface area (Å²) in [4.78, 5) is 0. The van der Waals surface area contributed by atoms with Crippen molar-refractivity contribution in [3.63, 3.8) is 0 Å². The minimum atomic E-state index is 0.578. The van der Waals surface area contributed by atoms with Gasteiger partial charge in [0.05, 0.1) is 18.4 Å². The number of hydrogen-bond donors (Lipinski definition) is 1. The summed E-state index contributed by atoms with van der Waals surface area (Å²) in [6, 6.07) is 6.15. The first-order chi connectivity index (χ1) is 9.97. The van der Waals surface area contributed by atoms with Gasteiger partial charge in [-0.3, -0.25) is 4.68 Å². The molecule has 0 saturated carbocycles. The van der Waals surface area contributed by atoms with Crippen molar-refractivity contribution < 1.29 is 4.74 Å². The molecule has 1 atom stereocenters. The molecule has 0 amide bonds. The van der Waals surface area contributed by atoms with Crippen LogP contribution >= 0.6 is 0 Å². The lowest BCUT2D eigenvalue weighted by Crippen LogP contribution is -2.01. The minimum absolute atomic E-state index is 0.578. The molecule has 0 aliphatic rings. The third kappa shape index (κ3) is 3.04.